The number of hydrogen-bond donors (Lipinski definition) is 2. The average molecular weight is 373 g/mol. The van der Waals surface area contributed by atoms with E-state index in [4.69, 9.17) is 4.74 Å². The predicted molar refractivity (Wildman–Crippen MR) is 108 cm³/mol. The second-order valence-corrected chi connectivity index (χ2v) is 6.41. The van der Waals surface area contributed by atoms with Crippen molar-refractivity contribution >= 4 is 28.2 Å². The third-order valence-electron chi connectivity index (χ3n) is 4.57. The first-order chi connectivity index (χ1) is 13.6. The Bertz CT molecular complexity index is 1150. The summed E-state index contributed by atoms with van der Waals surface area (Å²) in [5.41, 5.74) is 1.84. The fourth-order valence-electron chi connectivity index (χ4n) is 3.11. The molecule has 1 heterocycles. The largest absolute Gasteiger partial charge is 0.488 e. The molecule has 28 heavy (non-hydrogen) atoms. The molecule has 0 atom stereocenters. The fourth-order valence-corrected chi connectivity index (χ4v) is 3.11. The molecule has 0 aliphatic heterocycles. The number of benzene rings is 3. The summed E-state index contributed by atoms with van der Waals surface area (Å²) in [6.07, 6.45) is 1.69. The predicted octanol–water partition coefficient (Wildman–Crippen LogP) is 4.59. The lowest BCUT2D eigenvalue weighted by atomic mass is 10.1. The molecule has 0 aliphatic rings. The normalized spacial score (nSPS) is 10.8. The van der Waals surface area contributed by atoms with Crippen LogP contribution < -0.4 is 10.1 Å². The first kappa shape index (κ1) is 17.6. The maximum atomic E-state index is 11.6. The lowest BCUT2D eigenvalue weighted by Crippen LogP contribution is -2.05. The smallest absolute Gasteiger partial charge is 0.339 e. The highest BCUT2D eigenvalue weighted by Crippen LogP contribution is 2.28. The number of carboxylic acids is 1. The summed E-state index contributed by atoms with van der Waals surface area (Å²) >= 11 is 0. The molecule has 0 unspecified atom stereocenters. The Kier molecular flexibility index (Phi) is 4.68. The van der Waals surface area contributed by atoms with Gasteiger partial charge in [-0.15, -0.1) is 0 Å². The van der Waals surface area contributed by atoms with Crippen molar-refractivity contribution in [2.45, 2.75) is 6.61 Å². The molecular formula is C22H19N3O3. The van der Waals surface area contributed by atoms with Crippen LogP contribution in [0.25, 0.3) is 10.8 Å². The van der Waals surface area contributed by atoms with E-state index in [1.54, 1.807) is 29.1 Å². The van der Waals surface area contributed by atoms with E-state index >= 15 is 0 Å². The van der Waals surface area contributed by atoms with Crippen LogP contribution in [-0.2, 0) is 13.7 Å². The number of aromatic carboxylic acids is 1. The highest BCUT2D eigenvalue weighted by molar-refractivity contribution is 5.92. The Labute approximate surface area is 162 Å². The number of nitrogens with zero attached hydrogens (tertiary/aromatic N) is 2. The molecule has 2 N–H and O–H groups in total. The number of anilines is 2. The Morgan fingerprint density at radius 1 is 1.11 bits per heavy atom. The molecule has 0 amide bonds. The molecule has 0 radical (unpaired) electrons. The molecule has 6 nitrogen and oxygen atoms in total. The number of aryl methyl sites for hydroxylation is 1. The molecule has 6 heteroatoms. The minimum atomic E-state index is -1.03. The van der Waals surface area contributed by atoms with E-state index in [-0.39, 0.29) is 12.2 Å². The maximum Gasteiger partial charge on any atom is 0.339 e. The van der Waals surface area contributed by atoms with E-state index < -0.39 is 5.97 Å². The minimum Gasteiger partial charge on any atom is -0.488 e. The molecule has 4 aromatic rings. The Morgan fingerprint density at radius 2 is 1.93 bits per heavy atom. The van der Waals surface area contributed by atoms with Crippen molar-refractivity contribution in [3.8, 4) is 5.75 Å². The molecule has 0 bridgehead atoms. The number of fused-ring (bicyclic) bond motifs is 1. The van der Waals surface area contributed by atoms with Gasteiger partial charge in [-0.05, 0) is 28.5 Å². The van der Waals surface area contributed by atoms with Crippen molar-refractivity contribution in [1.82, 2.24) is 9.78 Å². The Hall–Kier alpha value is -3.80. The van der Waals surface area contributed by atoms with Gasteiger partial charge >= 0.3 is 5.97 Å². The van der Waals surface area contributed by atoms with E-state index in [0.29, 0.717) is 5.75 Å². The van der Waals surface area contributed by atoms with Crippen LogP contribution in [0.1, 0.15) is 15.9 Å². The third-order valence-corrected chi connectivity index (χ3v) is 4.57. The van der Waals surface area contributed by atoms with Crippen LogP contribution in [0.5, 0.6) is 5.75 Å². The Morgan fingerprint density at radius 3 is 2.71 bits per heavy atom. The van der Waals surface area contributed by atoms with Gasteiger partial charge < -0.3 is 15.2 Å². The lowest BCUT2D eigenvalue weighted by molar-refractivity contribution is 0.0692. The SMILES string of the molecule is Cn1nccc1Nc1ccc(C(=O)O)c(OCc2cccc3ccccc23)c1. The number of ether oxygens (including phenoxy) is 1. The maximum absolute atomic E-state index is 11.6. The minimum absolute atomic E-state index is 0.121. The number of aromatic nitrogens is 2. The van der Waals surface area contributed by atoms with Crippen LogP contribution in [0.4, 0.5) is 11.5 Å². The van der Waals surface area contributed by atoms with Gasteiger partial charge in [0.1, 0.15) is 23.7 Å². The van der Waals surface area contributed by atoms with Crippen molar-refractivity contribution in [2.75, 3.05) is 5.32 Å². The second kappa shape index (κ2) is 7.44. The molecule has 1 aromatic heterocycles. The van der Waals surface area contributed by atoms with Gasteiger partial charge in [-0.25, -0.2) is 4.79 Å². The van der Waals surface area contributed by atoms with E-state index in [0.717, 1.165) is 27.8 Å². The van der Waals surface area contributed by atoms with E-state index in [1.807, 2.05) is 55.6 Å². The van der Waals surface area contributed by atoms with Crippen molar-refractivity contribution < 1.29 is 14.6 Å². The second-order valence-electron chi connectivity index (χ2n) is 6.41. The number of nitrogens with one attached hydrogen (secondary N) is 1. The molecule has 0 saturated heterocycles. The summed E-state index contributed by atoms with van der Waals surface area (Å²) in [5, 5.41) is 19.0. The molecule has 0 spiro atoms. The van der Waals surface area contributed by atoms with Crippen LogP contribution in [0.15, 0.2) is 72.9 Å². The van der Waals surface area contributed by atoms with Crippen LogP contribution in [0.2, 0.25) is 0 Å². The zero-order valence-corrected chi connectivity index (χ0v) is 15.3. The summed E-state index contributed by atoms with van der Waals surface area (Å²) in [6, 6.07) is 20.8. The molecule has 140 valence electrons. The Balaban J connectivity index is 1.62. The summed E-state index contributed by atoms with van der Waals surface area (Å²) in [5.74, 6) is 0.0793. The van der Waals surface area contributed by atoms with Gasteiger partial charge in [-0.2, -0.15) is 5.10 Å². The third kappa shape index (κ3) is 3.53. The van der Waals surface area contributed by atoms with Gasteiger partial charge in [0.2, 0.25) is 0 Å². The summed E-state index contributed by atoms with van der Waals surface area (Å²) < 4.78 is 7.64. The van der Waals surface area contributed by atoms with E-state index in [9.17, 15) is 9.90 Å². The van der Waals surface area contributed by atoms with Crippen LogP contribution in [0.3, 0.4) is 0 Å². The lowest BCUT2D eigenvalue weighted by Gasteiger charge is -2.13. The summed E-state index contributed by atoms with van der Waals surface area (Å²) in [7, 11) is 1.83. The highest BCUT2D eigenvalue weighted by atomic mass is 16.5. The van der Waals surface area contributed by atoms with Crippen molar-refractivity contribution in [1.29, 1.82) is 0 Å². The molecular weight excluding hydrogens is 354 g/mol. The van der Waals surface area contributed by atoms with Crippen molar-refractivity contribution in [3.63, 3.8) is 0 Å². The van der Waals surface area contributed by atoms with Crippen LogP contribution in [-0.4, -0.2) is 20.9 Å². The van der Waals surface area contributed by atoms with Gasteiger partial charge in [0.25, 0.3) is 0 Å². The average Bonchev–Trinajstić information content (AvgIpc) is 3.10. The van der Waals surface area contributed by atoms with Gasteiger partial charge in [0.05, 0.1) is 6.20 Å². The van der Waals surface area contributed by atoms with Gasteiger partial charge in [0.15, 0.2) is 0 Å². The highest BCUT2D eigenvalue weighted by Gasteiger charge is 2.13. The van der Waals surface area contributed by atoms with Crippen molar-refractivity contribution in [3.05, 3.63) is 84.1 Å². The molecule has 4 rings (SSSR count). The number of hydrogen-bond acceptors (Lipinski definition) is 4. The topological polar surface area (TPSA) is 76.4 Å². The standard InChI is InChI=1S/C22H19N3O3/c1-25-21(11-12-23-25)24-17-9-10-19(22(26)27)20(13-17)28-14-16-7-4-6-15-5-2-3-8-18(15)16/h2-13,24H,14H2,1H3,(H,26,27). The van der Waals surface area contributed by atoms with Crippen LogP contribution in [0, 0.1) is 0 Å². The number of rotatable bonds is 6. The summed E-state index contributed by atoms with van der Waals surface area (Å²) in [6.45, 7) is 0.275. The first-order valence-electron chi connectivity index (χ1n) is 8.83. The number of carbonyl (C=O) groups is 1. The molecule has 0 fully saturated rings. The zero-order chi connectivity index (χ0) is 19.5. The van der Waals surface area contributed by atoms with Crippen LogP contribution >= 0.6 is 0 Å². The molecule has 0 saturated carbocycles. The van der Waals surface area contributed by atoms with Gasteiger partial charge in [-0.1, -0.05) is 42.5 Å². The molecule has 3 aromatic carbocycles. The monoisotopic (exact) mass is 373 g/mol. The van der Waals surface area contributed by atoms with E-state index in [1.165, 1.54) is 0 Å². The molecule has 0 aliphatic carbocycles. The first-order valence-corrected chi connectivity index (χ1v) is 8.83. The quantitative estimate of drug-likeness (QED) is 0.517. The van der Waals surface area contributed by atoms with E-state index in [2.05, 4.69) is 10.4 Å². The summed E-state index contributed by atoms with van der Waals surface area (Å²) in [4.78, 5) is 11.6. The van der Waals surface area contributed by atoms with Gasteiger partial charge in [0, 0.05) is 24.9 Å². The zero-order valence-electron chi connectivity index (χ0n) is 15.3. The van der Waals surface area contributed by atoms with Crippen molar-refractivity contribution in [2.24, 2.45) is 7.05 Å². The fraction of sp³-hybridized carbons (Fsp3) is 0.0909. The van der Waals surface area contributed by atoms with Gasteiger partial charge in [-0.3, -0.25) is 4.68 Å². The number of carboxylic acid groups (broad SMARTS) is 1.